The SMILES string of the molecule is CN(Cc1ccccc1Br)C(=O)CS(=O)(=O)Nc1ccc(N2CCCCC2)cc1. The van der Waals surface area contributed by atoms with Gasteiger partial charge in [-0.05, 0) is 55.2 Å². The van der Waals surface area contributed by atoms with Crippen LogP contribution in [0.15, 0.2) is 53.0 Å². The van der Waals surface area contributed by atoms with E-state index in [9.17, 15) is 13.2 Å². The maximum absolute atomic E-state index is 12.4. The van der Waals surface area contributed by atoms with Crippen molar-refractivity contribution in [3.8, 4) is 0 Å². The molecule has 1 heterocycles. The Morgan fingerprint density at radius 3 is 2.38 bits per heavy atom. The number of piperidine rings is 1. The fraction of sp³-hybridized carbons (Fsp3) is 0.381. The number of amides is 1. The van der Waals surface area contributed by atoms with Gasteiger partial charge in [0.2, 0.25) is 15.9 Å². The van der Waals surface area contributed by atoms with E-state index in [1.807, 2.05) is 36.4 Å². The quantitative estimate of drug-likeness (QED) is 0.654. The van der Waals surface area contributed by atoms with Crippen LogP contribution >= 0.6 is 15.9 Å². The monoisotopic (exact) mass is 479 g/mol. The molecule has 0 bridgehead atoms. The second-order valence-corrected chi connectivity index (χ2v) is 9.87. The fourth-order valence-electron chi connectivity index (χ4n) is 3.35. The van der Waals surface area contributed by atoms with E-state index < -0.39 is 21.7 Å². The van der Waals surface area contributed by atoms with Gasteiger partial charge in [0.05, 0.1) is 0 Å². The van der Waals surface area contributed by atoms with Crippen molar-refractivity contribution in [3.63, 3.8) is 0 Å². The number of sulfonamides is 1. The highest BCUT2D eigenvalue weighted by Gasteiger charge is 2.20. The lowest BCUT2D eigenvalue weighted by Crippen LogP contribution is -2.34. The minimum absolute atomic E-state index is 0.334. The summed E-state index contributed by atoms with van der Waals surface area (Å²) in [6.45, 7) is 2.40. The van der Waals surface area contributed by atoms with E-state index in [1.165, 1.54) is 24.2 Å². The topological polar surface area (TPSA) is 69.7 Å². The van der Waals surface area contributed by atoms with Gasteiger partial charge in [-0.15, -0.1) is 0 Å². The average Bonchev–Trinajstić information content (AvgIpc) is 2.70. The molecule has 8 heteroatoms. The Labute approximate surface area is 181 Å². The van der Waals surface area contributed by atoms with E-state index in [0.29, 0.717) is 12.2 Å². The van der Waals surface area contributed by atoms with Crippen LogP contribution in [0.2, 0.25) is 0 Å². The summed E-state index contributed by atoms with van der Waals surface area (Å²) in [5, 5.41) is 0. The molecule has 1 aliphatic rings. The van der Waals surface area contributed by atoms with Crippen molar-refractivity contribution in [2.75, 3.05) is 35.5 Å². The van der Waals surface area contributed by atoms with Crippen molar-refractivity contribution >= 4 is 43.2 Å². The molecule has 2 aromatic rings. The van der Waals surface area contributed by atoms with Crippen LogP contribution in [0.25, 0.3) is 0 Å². The van der Waals surface area contributed by atoms with Gasteiger partial charge >= 0.3 is 0 Å². The zero-order valence-corrected chi connectivity index (χ0v) is 18.9. The first-order valence-electron chi connectivity index (χ1n) is 9.67. The second kappa shape index (κ2) is 9.63. The Morgan fingerprint density at radius 2 is 1.72 bits per heavy atom. The third-order valence-corrected chi connectivity index (χ3v) is 6.91. The molecule has 0 aliphatic carbocycles. The number of nitrogens with one attached hydrogen (secondary N) is 1. The molecule has 0 spiro atoms. The Kier molecular flexibility index (Phi) is 7.18. The highest BCUT2D eigenvalue weighted by atomic mass is 79.9. The van der Waals surface area contributed by atoms with Crippen molar-refractivity contribution in [2.45, 2.75) is 25.8 Å². The van der Waals surface area contributed by atoms with E-state index in [1.54, 1.807) is 19.2 Å². The van der Waals surface area contributed by atoms with E-state index >= 15 is 0 Å². The van der Waals surface area contributed by atoms with E-state index in [-0.39, 0.29) is 0 Å². The molecule has 1 amide bonds. The molecule has 0 radical (unpaired) electrons. The molecule has 1 fully saturated rings. The van der Waals surface area contributed by atoms with Gasteiger partial charge < -0.3 is 9.80 Å². The lowest BCUT2D eigenvalue weighted by molar-refractivity contribution is -0.127. The summed E-state index contributed by atoms with van der Waals surface area (Å²) in [7, 11) is -2.18. The summed E-state index contributed by atoms with van der Waals surface area (Å²) in [6.07, 6.45) is 3.63. The fourth-order valence-corrected chi connectivity index (χ4v) is 4.87. The number of rotatable bonds is 7. The smallest absolute Gasteiger partial charge is 0.241 e. The molecule has 0 aromatic heterocycles. The third-order valence-electron chi connectivity index (χ3n) is 4.97. The molecule has 6 nitrogen and oxygen atoms in total. The maximum Gasteiger partial charge on any atom is 0.241 e. The average molecular weight is 480 g/mol. The molecule has 1 aliphatic heterocycles. The minimum Gasteiger partial charge on any atom is -0.372 e. The molecule has 1 N–H and O–H groups in total. The maximum atomic E-state index is 12.4. The van der Waals surface area contributed by atoms with Crippen molar-refractivity contribution < 1.29 is 13.2 Å². The number of benzene rings is 2. The number of nitrogens with zero attached hydrogens (tertiary/aromatic N) is 2. The molecule has 0 saturated carbocycles. The zero-order valence-electron chi connectivity index (χ0n) is 16.5. The number of hydrogen-bond donors (Lipinski definition) is 1. The van der Waals surface area contributed by atoms with Gasteiger partial charge in [-0.2, -0.15) is 0 Å². The summed E-state index contributed by atoms with van der Waals surface area (Å²) >= 11 is 3.44. The van der Waals surface area contributed by atoms with Gasteiger partial charge in [-0.25, -0.2) is 8.42 Å². The van der Waals surface area contributed by atoms with Crippen LogP contribution in [0.3, 0.4) is 0 Å². The number of halogens is 1. The molecule has 0 atom stereocenters. The van der Waals surface area contributed by atoms with Crippen LogP contribution < -0.4 is 9.62 Å². The van der Waals surface area contributed by atoms with E-state index in [0.717, 1.165) is 28.8 Å². The molecule has 0 unspecified atom stereocenters. The molecule has 156 valence electrons. The van der Waals surface area contributed by atoms with Crippen molar-refractivity contribution in [1.29, 1.82) is 0 Å². The van der Waals surface area contributed by atoms with Crippen molar-refractivity contribution in [2.24, 2.45) is 0 Å². The van der Waals surface area contributed by atoms with Gasteiger partial charge in [-0.1, -0.05) is 34.1 Å². The number of hydrogen-bond acceptors (Lipinski definition) is 4. The van der Waals surface area contributed by atoms with Gasteiger partial charge in [0.15, 0.2) is 0 Å². The number of carbonyl (C=O) groups is 1. The van der Waals surface area contributed by atoms with Gasteiger partial charge in [-0.3, -0.25) is 9.52 Å². The Bertz CT molecular complexity index is 942. The summed E-state index contributed by atoms with van der Waals surface area (Å²) in [4.78, 5) is 16.1. The summed E-state index contributed by atoms with van der Waals surface area (Å²) in [6, 6.07) is 14.9. The molecule has 29 heavy (non-hydrogen) atoms. The predicted octanol–water partition coefficient (Wildman–Crippen LogP) is 3.84. The van der Waals surface area contributed by atoms with Gasteiger partial charge in [0.1, 0.15) is 5.75 Å². The Balaban J connectivity index is 1.57. The van der Waals surface area contributed by atoms with Crippen LogP contribution in [0, 0.1) is 0 Å². The first-order valence-corrected chi connectivity index (χ1v) is 12.1. The Morgan fingerprint density at radius 1 is 1.07 bits per heavy atom. The van der Waals surface area contributed by atoms with E-state index in [2.05, 4.69) is 25.6 Å². The van der Waals surface area contributed by atoms with Gasteiger partial charge in [0, 0.05) is 42.5 Å². The molecular weight excluding hydrogens is 454 g/mol. The number of carbonyl (C=O) groups excluding carboxylic acids is 1. The summed E-state index contributed by atoms with van der Waals surface area (Å²) in [5.41, 5.74) is 2.48. The zero-order chi connectivity index (χ0) is 20.9. The summed E-state index contributed by atoms with van der Waals surface area (Å²) in [5.74, 6) is -1.06. The third kappa shape index (κ3) is 6.21. The van der Waals surface area contributed by atoms with Crippen LogP contribution in [-0.4, -0.2) is 45.1 Å². The normalized spacial score (nSPS) is 14.5. The summed E-state index contributed by atoms with van der Waals surface area (Å²) < 4.78 is 28.3. The van der Waals surface area contributed by atoms with Crippen LogP contribution in [-0.2, 0) is 21.4 Å². The standard InChI is InChI=1S/C21H26BrN3O3S/c1-24(15-17-7-3-4-8-20(17)22)21(26)16-29(27,28)23-18-9-11-19(12-10-18)25-13-5-2-6-14-25/h3-4,7-12,23H,2,5-6,13-16H2,1H3. The minimum atomic E-state index is -3.79. The highest BCUT2D eigenvalue weighted by Crippen LogP contribution is 2.22. The number of anilines is 2. The van der Waals surface area contributed by atoms with E-state index in [4.69, 9.17) is 0 Å². The Hall–Kier alpha value is -2.06. The largest absolute Gasteiger partial charge is 0.372 e. The lowest BCUT2D eigenvalue weighted by atomic mass is 10.1. The molecule has 2 aromatic carbocycles. The van der Waals surface area contributed by atoms with Crippen molar-refractivity contribution in [1.82, 2.24) is 4.90 Å². The molecule has 1 saturated heterocycles. The van der Waals surface area contributed by atoms with Crippen LogP contribution in [0.4, 0.5) is 11.4 Å². The lowest BCUT2D eigenvalue weighted by Gasteiger charge is -2.28. The molecular formula is C21H26BrN3O3S. The van der Waals surface area contributed by atoms with Crippen LogP contribution in [0.5, 0.6) is 0 Å². The van der Waals surface area contributed by atoms with Gasteiger partial charge in [0.25, 0.3) is 0 Å². The first kappa shape index (κ1) is 21.6. The second-order valence-electron chi connectivity index (χ2n) is 7.30. The highest BCUT2D eigenvalue weighted by molar-refractivity contribution is 9.10. The van der Waals surface area contributed by atoms with Crippen molar-refractivity contribution in [3.05, 3.63) is 58.6 Å². The first-order chi connectivity index (χ1) is 13.8. The predicted molar refractivity (Wildman–Crippen MR) is 121 cm³/mol. The van der Waals surface area contributed by atoms with Crippen LogP contribution in [0.1, 0.15) is 24.8 Å². The molecule has 3 rings (SSSR count).